The highest BCUT2D eigenvalue weighted by Crippen LogP contribution is 2.05. The van der Waals surface area contributed by atoms with Gasteiger partial charge in [-0.3, -0.25) is 4.79 Å². The topological polar surface area (TPSA) is 46.9 Å². The minimum absolute atomic E-state index is 0.148. The standard InChI is InChI=1S/C16H21N3O/c1-2-14-4-6-15(7-5-14)16(20)12-17-8-3-10-19-11-9-18-13-19/h4-7,9,11,13,17H,2-3,8,10,12H2,1H3. The number of rotatable bonds is 8. The van der Waals surface area contributed by atoms with E-state index < -0.39 is 0 Å². The summed E-state index contributed by atoms with van der Waals surface area (Å²) in [6.45, 7) is 4.26. The number of aryl methyl sites for hydroxylation is 2. The van der Waals surface area contributed by atoms with Crippen LogP contribution in [0.1, 0.15) is 29.3 Å². The zero-order chi connectivity index (χ0) is 14.2. The molecule has 0 bridgehead atoms. The molecule has 20 heavy (non-hydrogen) atoms. The Kier molecular flexibility index (Phi) is 5.50. The van der Waals surface area contributed by atoms with Gasteiger partial charge in [0.05, 0.1) is 12.9 Å². The summed E-state index contributed by atoms with van der Waals surface area (Å²) in [5, 5.41) is 3.19. The van der Waals surface area contributed by atoms with Crippen LogP contribution < -0.4 is 5.32 Å². The van der Waals surface area contributed by atoms with Gasteiger partial charge in [0.15, 0.2) is 5.78 Å². The molecule has 0 aliphatic rings. The summed E-state index contributed by atoms with van der Waals surface area (Å²) >= 11 is 0. The number of hydrogen-bond acceptors (Lipinski definition) is 3. The molecular formula is C16H21N3O. The Balaban J connectivity index is 1.66. The van der Waals surface area contributed by atoms with E-state index >= 15 is 0 Å². The van der Waals surface area contributed by atoms with Gasteiger partial charge in [0.25, 0.3) is 0 Å². The normalized spacial score (nSPS) is 10.7. The molecule has 0 radical (unpaired) electrons. The minimum Gasteiger partial charge on any atom is -0.337 e. The molecule has 1 aromatic heterocycles. The largest absolute Gasteiger partial charge is 0.337 e. The van der Waals surface area contributed by atoms with E-state index in [9.17, 15) is 4.79 Å². The number of hydrogen-bond donors (Lipinski definition) is 1. The monoisotopic (exact) mass is 271 g/mol. The van der Waals surface area contributed by atoms with Crippen LogP contribution in [0.3, 0.4) is 0 Å². The molecule has 0 aliphatic heterocycles. The number of carbonyl (C=O) groups is 1. The van der Waals surface area contributed by atoms with Gasteiger partial charge in [-0.05, 0) is 24.9 Å². The van der Waals surface area contributed by atoms with E-state index in [0.717, 1.165) is 31.5 Å². The molecule has 1 N–H and O–H groups in total. The van der Waals surface area contributed by atoms with Gasteiger partial charge < -0.3 is 9.88 Å². The van der Waals surface area contributed by atoms with E-state index in [0.29, 0.717) is 6.54 Å². The third-order valence-corrected chi connectivity index (χ3v) is 3.30. The van der Waals surface area contributed by atoms with Crippen molar-refractivity contribution in [3.8, 4) is 0 Å². The third kappa shape index (κ3) is 4.31. The van der Waals surface area contributed by atoms with Crippen molar-refractivity contribution in [2.45, 2.75) is 26.3 Å². The summed E-state index contributed by atoms with van der Waals surface area (Å²) in [5.74, 6) is 0.148. The Labute approximate surface area is 119 Å². The molecule has 0 atom stereocenters. The summed E-state index contributed by atoms with van der Waals surface area (Å²) in [6, 6.07) is 7.86. The summed E-state index contributed by atoms with van der Waals surface area (Å²) in [6.07, 6.45) is 7.51. The zero-order valence-electron chi connectivity index (χ0n) is 11.9. The quantitative estimate of drug-likeness (QED) is 0.592. The van der Waals surface area contributed by atoms with E-state index in [1.54, 1.807) is 12.5 Å². The highest BCUT2D eigenvalue weighted by atomic mass is 16.1. The molecule has 0 unspecified atom stereocenters. The number of carbonyl (C=O) groups excluding carboxylic acids is 1. The molecule has 4 heteroatoms. The highest BCUT2D eigenvalue weighted by Gasteiger charge is 2.04. The van der Waals surface area contributed by atoms with Crippen molar-refractivity contribution < 1.29 is 4.79 Å². The highest BCUT2D eigenvalue weighted by molar-refractivity contribution is 5.97. The maximum Gasteiger partial charge on any atom is 0.176 e. The number of ketones is 1. The van der Waals surface area contributed by atoms with E-state index in [-0.39, 0.29) is 5.78 Å². The fourth-order valence-electron chi connectivity index (χ4n) is 2.04. The second-order valence-electron chi connectivity index (χ2n) is 4.80. The molecule has 106 valence electrons. The Morgan fingerprint density at radius 1 is 1.30 bits per heavy atom. The molecule has 0 saturated heterocycles. The summed E-state index contributed by atoms with van der Waals surface area (Å²) in [5.41, 5.74) is 2.04. The van der Waals surface area contributed by atoms with Crippen LogP contribution in [0.15, 0.2) is 43.0 Å². The van der Waals surface area contributed by atoms with E-state index in [2.05, 4.69) is 17.2 Å². The molecular weight excluding hydrogens is 250 g/mol. The molecule has 0 fully saturated rings. The van der Waals surface area contributed by atoms with Crippen LogP contribution in [0.4, 0.5) is 0 Å². The lowest BCUT2D eigenvalue weighted by molar-refractivity contribution is 0.0991. The van der Waals surface area contributed by atoms with Gasteiger partial charge in [0, 0.05) is 24.5 Å². The zero-order valence-corrected chi connectivity index (χ0v) is 11.9. The number of aromatic nitrogens is 2. The average Bonchev–Trinajstić information content (AvgIpc) is 3.00. The van der Waals surface area contributed by atoms with Gasteiger partial charge in [-0.1, -0.05) is 31.2 Å². The second-order valence-corrected chi connectivity index (χ2v) is 4.80. The van der Waals surface area contributed by atoms with Gasteiger partial charge >= 0.3 is 0 Å². The third-order valence-electron chi connectivity index (χ3n) is 3.30. The van der Waals surface area contributed by atoms with Crippen LogP contribution in [0, 0.1) is 0 Å². The van der Waals surface area contributed by atoms with Crippen LogP contribution in [0.5, 0.6) is 0 Å². The van der Waals surface area contributed by atoms with Gasteiger partial charge in [0.2, 0.25) is 0 Å². The molecule has 0 aliphatic carbocycles. The first kappa shape index (κ1) is 14.5. The van der Waals surface area contributed by atoms with Crippen molar-refractivity contribution in [1.29, 1.82) is 0 Å². The summed E-state index contributed by atoms with van der Waals surface area (Å²) in [7, 11) is 0. The maximum atomic E-state index is 12.0. The Bertz CT molecular complexity index is 517. The SMILES string of the molecule is CCc1ccc(C(=O)CNCCCn2ccnc2)cc1. The molecule has 2 aromatic rings. The first-order valence-corrected chi connectivity index (χ1v) is 7.08. The number of Topliss-reactive ketones (excluding diaryl/α,β-unsaturated/α-hetero) is 1. The Morgan fingerprint density at radius 2 is 2.10 bits per heavy atom. The summed E-state index contributed by atoms with van der Waals surface area (Å²) in [4.78, 5) is 15.9. The number of benzene rings is 1. The smallest absolute Gasteiger partial charge is 0.176 e. The number of imidazole rings is 1. The first-order valence-electron chi connectivity index (χ1n) is 7.08. The lowest BCUT2D eigenvalue weighted by Crippen LogP contribution is -2.24. The predicted octanol–water partition coefficient (Wildman–Crippen LogP) is 2.31. The lowest BCUT2D eigenvalue weighted by atomic mass is 10.1. The lowest BCUT2D eigenvalue weighted by Gasteiger charge is -2.05. The van der Waals surface area contributed by atoms with E-state index in [1.807, 2.05) is 35.0 Å². The van der Waals surface area contributed by atoms with Gasteiger partial charge in [0.1, 0.15) is 0 Å². The van der Waals surface area contributed by atoms with E-state index in [4.69, 9.17) is 0 Å². The fraction of sp³-hybridized carbons (Fsp3) is 0.375. The Morgan fingerprint density at radius 3 is 2.75 bits per heavy atom. The average molecular weight is 271 g/mol. The van der Waals surface area contributed by atoms with Crippen molar-refractivity contribution in [2.75, 3.05) is 13.1 Å². The Hall–Kier alpha value is -1.94. The van der Waals surface area contributed by atoms with Crippen molar-refractivity contribution in [2.24, 2.45) is 0 Å². The van der Waals surface area contributed by atoms with Gasteiger partial charge in [-0.15, -0.1) is 0 Å². The van der Waals surface area contributed by atoms with Crippen molar-refractivity contribution in [3.05, 3.63) is 54.1 Å². The minimum atomic E-state index is 0.148. The molecule has 1 aromatic carbocycles. The van der Waals surface area contributed by atoms with Crippen molar-refractivity contribution in [1.82, 2.24) is 14.9 Å². The van der Waals surface area contributed by atoms with Crippen LogP contribution in [0.2, 0.25) is 0 Å². The van der Waals surface area contributed by atoms with Gasteiger partial charge in [-0.25, -0.2) is 4.98 Å². The molecule has 1 heterocycles. The van der Waals surface area contributed by atoms with Crippen LogP contribution in [-0.2, 0) is 13.0 Å². The molecule has 0 amide bonds. The van der Waals surface area contributed by atoms with Crippen molar-refractivity contribution in [3.63, 3.8) is 0 Å². The predicted molar refractivity (Wildman–Crippen MR) is 79.9 cm³/mol. The van der Waals surface area contributed by atoms with Crippen LogP contribution in [-0.4, -0.2) is 28.4 Å². The summed E-state index contributed by atoms with van der Waals surface area (Å²) < 4.78 is 2.03. The molecule has 0 spiro atoms. The van der Waals surface area contributed by atoms with Crippen molar-refractivity contribution >= 4 is 5.78 Å². The molecule has 4 nitrogen and oxygen atoms in total. The number of nitrogens with zero attached hydrogens (tertiary/aromatic N) is 2. The van der Waals surface area contributed by atoms with Crippen LogP contribution in [0.25, 0.3) is 0 Å². The molecule has 0 saturated carbocycles. The number of nitrogens with one attached hydrogen (secondary N) is 1. The maximum absolute atomic E-state index is 12.0. The van der Waals surface area contributed by atoms with E-state index in [1.165, 1.54) is 5.56 Å². The van der Waals surface area contributed by atoms with Gasteiger partial charge in [-0.2, -0.15) is 0 Å². The second kappa shape index (κ2) is 7.60. The fourth-order valence-corrected chi connectivity index (χ4v) is 2.04. The van der Waals surface area contributed by atoms with Crippen LogP contribution >= 0.6 is 0 Å². The molecule has 2 rings (SSSR count). The first-order chi connectivity index (χ1) is 9.79.